The smallest absolute Gasteiger partial charge is 0.174 e. The lowest BCUT2D eigenvalue weighted by atomic mass is 10.2. The highest BCUT2D eigenvalue weighted by molar-refractivity contribution is 7.80. The summed E-state index contributed by atoms with van der Waals surface area (Å²) in [6.45, 7) is 3.50. The van der Waals surface area contributed by atoms with Gasteiger partial charge in [-0.1, -0.05) is 0 Å². The maximum absolute atomic E-state index is 13.4. The normalized spacial score (nSPS) is 12.2. The maximum atomic E-state index is 13.4. The molecule has 24 heavy (non-hydrogen) atoms. The molecule has 0 aliphatic carbocycles. The first-order chi connectivity index (χ1) is 11.4. The quantitative estimate of drug-likeness (QED) is 0.781. The zero-order valence-corrected chi connectivity index (χ0v) is 14.8. The summed E-state index contributed by atoms with van der Waals surface area (Å²) in [5, 5.41) is 3.31. The van der Waals surface area contributed by atoms with E-state index in [2.05, 4.69) is 5.32 Å². The molecule has 1 aromatic carbocycles. The summed E-state index contributed by atoms with van der Waals surface area (Å²) in [6.07, 6.45) is 1.61. The molecule has 1 atom stereocenters. The number of benzene rings is 1. The number of nitrogens with one attached hydrogen (secondary N) is 2. The molecule has 7 heteroatoms. The SMILES string of the molecule is CC(c1ccco1)N(CC[NH+](C)C)C(=S)Nc1cc(F)cc(F)c1. The molecule has 4 nitrogen and oxygen atoms in total. The van der Waals surface area contributed by atoms with Gasteiger partial charge in [0, 0.05) is 11.8 Å². The molecule has 0 radical (unpaired) electrons. The van der Waals surface area contributed by atoms with Gasteiger partial charge in [0.1, 0.15) is 17.4 Å². The van der Waals surface area contributed by atoms with Crippen LogP contribution in [0.15, 0.2) is 41.0 Å². The van der Waals surface area contributed by atoms with Crippen LogP contribution in [0, 0.1) is 11.6 Å². The number of rotatable bonds is 6. The molecule has 0 bridgehead atoms. The highest BCUT2D eigenvalue weighted by Gasteiger charge is 2.22. The summed E-state index contributed by atoms with van der Waals surface area (Å²) in [4.78, 5) is 3.22. The highest BCUT2D eigenvalue weighted by atomic mass is 32.1. The van der Waals surface area contributed by atoms with E-state index in [4.69, 9.17) is 16.6 Å². The summed E-state index contributed by atoms with van der Waals surface area (Å²) < 4.78 is 32.2. The number of furan rings is 1. The number of quaternary nitrogens is 1. The van der Waals surface area contributed by atoms with E-state index in [-0.39, 0.29) is 11.7 Å². The molecule has 0 aliphatic heterocycles. The maximum Gasteiger partial charge on any atom is 0.174 e. The zero-order valence-electron chi connectivity index (χ0n) is 14.0. The van der Waals surface area contributed by atoms with Crippen LogP contribution >= 0.6 is 12.2 Å². The number of likely N-dealkylation sites (N-methyl/N-ethyl adjacent to an activating group) is 1. The minimum atomic E-state index is -0.649. The van der Waals surface area contributed by atoms with Gasteiger partial charge in [-0.3, -0.25) is 0 Å². The zero-order chi connectivity index (χ0) is 17.7. The predicted octanol–water partition coefficient (Wildman–Crippen LogP) is 2.46. The van der Waals surface area contributed by atoms with E-state index in [1.54, 1.807) is 6.26 Å². The first kappa shape index (κ1) is 18.4. The fourth-order valence-electron chi connectivity index (χ4n) is 2.32. The fraction of sp³-hybridized carbons (Fsp3) is 0.353. The van der Waals surface area contributed by atoms with Crippen LogP contribution in [0.4, 0.5) is 14.5 Å². The monoisotopic (exact) mass is 354 g/mol. The Labute approximate surface area is 146 Å². The Morgan fingerprint density at radius 3 is 2.50 bits per heavy atom. The number of thiocarbonyl (C=S) groups is 1. The molecule has 0 saturated carbocycles. The molecule has 0 fully saturated rings. The molecule has 2 N–H and O–H groups in total. The average Bonchev–Trinajstić information content (AvgIpc) is 2.99. The van der Waals surface area contributed by atoms with Crippen molar-refractivity contribution in [1.29, 1.82) is 0 Å². The lowest BCUT2D eigenvalue weighted by molar-refractivity contribution is -0.857. The van der Waals surface area contributed by atoms with Crippen molar-refractivity contribution < 1.29 is 18.1 Å². The van der Waals surface area contributed by atoms with E-state index in [9.17, 15) is 8.78 Å². The molecule has 0 amide bonds. The van der Waals surface area contributed by atoms with Crippen LogP contribution in [0.2, 0.25) is 0 Å². The Morgan fingerprint density at radius 1 is 1.29 bits per heavy atom. The van der Waals surface area contributed by atoms with E-state index in [1.807, 2.05) is 38.1 Å². The molecule has 130 valence electrons. The molecule has 1 heterocycles. The molecular formula is C17H22F2N3OS+. The topological polar surface area (TPSA) is 32.9 Å². The molecule has 0 aliphatic rings. The van der Waals surface area contributed by atoms with Crippen LogP contribution < -0.4 is 10.2 Å². The van der Waals surface area contributed by atoms with Gasteiger partial charge in [0.25, 0.3) is 0 Å². The van der Waals surface area contributed by atoms with E-state index < -0.39 is 11.6 Å². The van der Waals surface area contributed by atoms with Crippen molar-refractivity contribution in [1.82, 2.24) is 4.90 Å². The van der Waals surface area contributed by atoms with Gasteiger partial charge in [-0.15, -0.1) is 0 Å². The van der Waals surface area contributed by atoms with Gasteiger partial charge in [0.15, 0.2) is 5.11 Å². The number of anilines is 1. The van der Waals surface area contributed by atoms with Gasteiger partial charge >= 0.3 is 0 Å². The average molecular weight is 354 g/mol. The molecule has 2 rings (SSSR count). The molecule has 2 aromatic rings. The van der Waals surface area contributed by atoms with Crippen molar-refractivity contribution in [3.63, 3.8) is 0 Å². The lowest BCUT2D eigenvalue weighted by Gasteiger charge is -2.31. The number of nitrogens with zero attached hydrogens (tertiary/aromatic N) is 1. The summed E-state index contributed by atoms with van der Waals surface area (Å²) in [6, 6.07) is 6.85. The number of hydrogen-bond donors (Lipinski definition) is 2. The van der Waals surface area contributed by atoms with E-state index >= 15 is 0 Å². The third-order valence-electron chi connectivity index (χ3n) is 3.65. The Kier molecular flexibility index (Phi) is 6.28. The van der Waals surface area contributed by atoms with Gasteiger partial charge in [0.05, 0.1) is 39.5 Å². The van der Waals surface area contributed by atoms with Crippen LogP contribution in [0.5, 0.6) is 0 Å². The Morgan fingerprint density at radius 2 is 1.96 bits per heavy atom. The molecule has 0 spiro atoms. The van der Waals surface area contributed by atoms with Gasteiger partial charge < -0.3 is 19.5 Å². The van der Waals surface area contributed by atoms with Crippen molar-refractivity contribution in [3.05, 3.63) is 54.0 Å². The first-order valence-electron chi connectivity index (χ1n) is 7.73. The highest BCUT2D eigenvalue weighted by Crippen LogP contribution is 2.22. The van der Waals surface area contributed by atoms with E-state index in [1.165, 1.54) is 17.0 Å². The number of hydrogen-bond acceptors (Lipinski definition) is 2. The van der Waals surface area contributed by atoms with Crippen molar-refractivity contribution in [2.75, 3.05) is 32.5 Å². The minimum Gasteiger partial charge on any atom is -0.467 e. The van der Waals surface area contributed by atoms with Gasteiger partial charge in [-0.05, 0) is 43.4 Å². The van der Waals surface area contributed by atoms with Crippen LogP contribution in [0.3, 0.4) is 0 Å². The second-order valence-electron chi connectivity index (χ2n) is 5.93. The largest absolute Gasteiger partial charge is 0.467 e. The van der Waals surface area contributed by atoms with Crippen LogP contribution in [0.1, 0.15) is 18.7 Å². The van der Waals surface area contributed by atoms with Gasteiger partial charge in [-0.25, -0.2) is 8.78 Å². The Balaban J connectivity index is 2.16. The first-order valence-corrected chi connectivity index (χ1v) is 8.14. The minimum absolute atomic E-state index is 0.0993. The Bertz CT molecular complexity index is 656. The molecular weight excluding hydrogens is 332 g/mol. The molecule has 1 aromatic heterocycles. The summed E-state index contributed by atoms with van der Waals surface area (Å²) in [5.41, 5.74) is 0.284. The van der Waals surface area contributed by atoms with E-state index in [0.717, 1.165) is 18.4 Å². The summed E-state index contributed by atoms with van der Waals surface area (Å²) >= 11 is 5.47. The molecule has 1 unspecified atom stereocenters. The third kappa shape index (κ3) is 5.01. The van der Waals surface area contributed by atoms with Crippen molar-refractivity contribution in [3.8, 4) is 0 Å². The van der Waals surface area contributed by atoms with E-state index in [0.29, 0.717) is 11.7 Å². The third-order valence-corrected chi connectivity index (χ3v) is 3.99. The standard InChI is InChI=1S/C17H21F2N3OS/c1-12(16-5-4-8-23-16)22(7-6-21(2)3)17(24)20-15-10-13(18)9-14(19)11-15/h4-5,8-12H,6-7H2,1-3H3,(H,20,24)/p+1. The van der Waals surface area contributed by atoms with Gasteiger partial charge in [0.2, 0.25) is 0 Å². The number of halogens is 2. The molecule has 0 saturated heterocycles. The summed E-state index contributed by atoms with van der Waals surface area (Å²) in [7, 11) is 4.10. The van der Waals surface area contributed by atoms with Crippen molar-refractivity contribution >= 4 is 23.0 Å². The Hall–Kier alpha value is -1.99. The lowest BCUT2D eigenvalue weighted by Crippen LogP contribution is -3.06. The second kappa shape index (κ2) is 8.21. The van der Waals surface area contributed by atoms with Gasteiger partial charge in [-0.2, -0.15) is 0 Å². The fourth-order valence-corrected chi connectivity index (χ4v) is 2.69. The second-order valence-corrected chi connectivity index (χ2v) is 6.32. The van der Waals surface area contributed by atoms with Crippen molar-refractivity contribution in [2.45, 2.75) is 13.0 Å². The van der Waals surface area contributed by atoms with Crippen LogP contribution in [-0.4, -0.2) is 37.2 Å². The van der Waals surface area contributed by atoms with Crippen molar-refractivity contribution in [2.24, 2.45) is 0 Å². The van der Waals surface area contributed by atoms with Crippen LogP contribution in [0.25, 0.3) is 0 Å². The predicted molar refractivity (Wildman–Crippen MR) is 94.1 cm³/mol. The summed E-state index contributed by atoms with van der Waals surface area (Å²) in [5.74, 6) is -0.523. The van der Waals surface area contributed by atoms with Crippen LogP contribution in [-0.2, 0) is 0 Å².